The second-order valence-corrected chi connectivity index (χ2v) is 5.91. The molecule has 0 heterocycles. The van der Waals surface area contributed by atoms with Crippen LogP contribution in [0.2, 0.25) is 0 Å². The quantitative estimate of drug-likeness (QED) is 0.803. The number of nitrogens with zero attached hydrogens (tertiary/aromatic N) is 1. The summed E-state index contributed by atoms with van der Waals surface area (Å²) in [5.41, 5.74) is 0.248. The molecule has 1 rings (SSSR count). The van der Waals surface area contributed by atoms with Gasteiger partial charge in [-0.1, -0.05) is 26.7 Å². The lowest BCUT2D eigenvalue weighted by atomic mass is 9.72. The summed E-state index contributed by atoms with van der Waals surface area (Å²) in [6.07, 6.45) is 4.86. The Morgan fingerprint density at radius 2 is 2.06 bits per heavy atom. The molecule has 1 aliphatic rings. The maximum atomic E-state index is 10.9. The molecule has 1 saturated carbocycles. The standard InChI is InChI=1S/C13H25NO2/c1-10(2)14(9-12(15)16)11-7-5-6-8-13(11,3)4/h10-11H,5-9H2,1-4H3,(H,15,16). The third-order valence-electron chi connectivity index (χ3n) is 3.83. The summed E-state index contributed by atoms with van der Waals surface area (Å²) >= 11 is 0. The summed E-state index contributed by atoms with van der Waals surface area (Å²) in [6, 6.07) is 0.718. The van der Waals surface area contributed by atoms with Crippen molar-refractivity contribution in [2.24, 2.45) is 5.41 Å². The number of hydrogen-bond donors (Lipinski definition) is 1. The topological polar surface area (TPSA) is 40.5 Å². The molecule has 3 nitrogen and oxygen atoms in total. The van der Waals surface area contributed by atoms with Crippen molar-refractivity contribution < 1.29 is 9.90 Å². The normalized spacial score (nSPS) is 25.0. The lowest BCUT2D eigenvalue weighted by Crippen LogP contribution is -2.51. The molecule has 0 spiro atoms. The van der Waals surface area contributed by atoms with Crippen LogP contribution in [0, 0.1) is 5.41 Å². The number of carbonyl (C=O) groups is 1. The molecule has 16 heavy (non-hydrogen) atoms. The zero-order valence-electron chi connectivity index (χ0n) is 11.0. The highest BCUT2D eigenvalue weighted by molar-refractivity contribution is 5.69. The molecule has 0 radical (unpaired) electrons. The fourth-order valence-corrected chi connectivity index (χ4v) is 2.90. The molecule has 0 aliphatic heterocycles. The highest BCUT2D eigenvalue weighted by atomic mass is 16.4. The van der Waals surface area contributed by atoms with Gasteiger partial charge in [0.2, 0.25) is 0 Å². The molecule has 0 saturated heterocycles. The molecule has 0 bridgehead atoms. The van der Waals surface area contributed by atoms with Crippen LogP contribution in [0.5, 0.6) is 0 Å². The molecule has 1 aliphatic carbocycles. The maximum absolute atomic E-state index is 10.9. The summed E-state index contributed by atoms with van der Waals surface area (Å²) in [7, 11) is 0. The molecule has 1 fully saturated rings. The van der Waals surface area contributed by atoms with Crippen molar-refractivity contribution in [1.29, 1.82) is 0 Å². The van der Waals surface area contributed by atoms with Gasteiger partial charge < -0.3 is 5.11 Å². The van der Waals surface area contributed by atoms with Crippen molar-refractivity contribution in [3.05, 3.63) is 0 Å². The van der Waals surface area contributed by atoms with Gasteiger partial charge in [-0.25, -0.2) is 0 Å². The average Bonchev–Trinajstić information content (AvgIpc) is 2.13. The predicted molar refractivity (Wildman–Crippen MR) is 65.5 cm³/mol. The summed E-state index contributed by atoms with van der Waals surface area (Å²) in [6.45, 7) is 8.90. The Bertz CT molecular complexity index is 248. The van der Waals surface area contributed by atoms with Crippen LogP contribution in [0.3, 0.4) is 0 Å². The number of rotatable bonds is 4. The molecule has 1 unspecified atom stereocenters. The van der Waals surface area contributed by atoms with Crippen LogP contribution in [0.15, 0.2) is 0 Å². The minimum Gasteiger partial charge on any atom is -0.480 e. The van der Waals surface area contributed by atoms with Crippen LogP contribution in [0.25, 0.3) is 0 Å². The van der Waals surface area contributed by atoms with Gasteiger partial charge in [-0.3, -0.25) is 9.69 Å². The first-order valence-electron chi connectivity index (χ1n) is 6.32. The van der Waals surface area contributed by atoms with Crippen LogP contribution in [-0.4, -0.2) is 34.6 Å². The van der Waals surface area contributed by atoms with E-state index in [0.29, 0.717) is 12.1 Å². The Labute approximate surface area is 98.8 Å². The second-order valence-electron chi connectivity index (χ2n) is 5.91. The second kappa shape index (κ2) is 5.17. The van der Waals surface area contributed by atoms with Crippen molar-refractivity contribution in [2.45, 2.75) is 65.5 Å². The van der Waals surface area contributed by atoms with E-state index in [9.17, 15) is 4.79 Å². The molecule has 94 valence electrons. The molecule has 3 heteroatoms. The SMILES string of the molecule is CC(C)N(CC(=O)O)C1CCCCC1(C)C. The first kappa shape index (κ1) is 13.5. The molecular formula is C13H25NO2. The van der Waals surface area contributed by atoms with Gasteiger partial charge in [0.05, 0.1) is 6.54 Å². The largest absolute Gasteiger partial charge is 0.480 e. The van der Waals surface area contributed by atoms with Crippen LogP contribution in [0.1, 0.15) is 53.4 Å². The summed E-state index contributed by atoms with van der Waals surface area (Å²) in [5.74, 6) is -0.713. The molecule has 1 N–H and O–H groups in total. The summed E-state index contributed by atoms with van der Waals surface area (Å²) < 4.78 is 0. The van der Waals surface area contributed by atoms with E-state index in [-0.39, 0.29) is 12.0 Å². The Morgan fingerprint density at radius 1 is 1.44 bits per heavy atom. The van der Waals surface area contributed by atoms with Gasteiger partial charge in [0, 0.05) is 12.1 Å². The molecule has 0 aromatic rings. The predicted octanol–water partition coefficient (Wildman–Crippen LogP) is 2.75. The van der Waals surface area contributed by atoms with Gasteiger partial charge in [0.1, 0.15) is 0 Å². The van der Waals surface area contributed by atoms with E-state index in [1.165, 1.54) is 19.3 Å². The zero-order valence-corrected chi connectivity index (χ0v) is 11.0. The molecule has 0 amide bonds. The van der Waals surface area contributed by atoms with Gasteiger partial charge in [0.25, 0.3) is 0 Å². The van der Waals surface area contributed by atoms with E-state index >= 15 is 0 Å². The van der Waals surface area contributed by atoms with Gasteiger partial charge in [-0.15, -0.1) is 0 Å². The average molecular weight is 227 g/mol. The first-order chi connectivity index (χ1) is 7.34. The third kappa shape index (κ3) is 3.21. The van der Waals surface area contributed by atoms with Crippen molar-refractivity contribution in [2.75, 3.05) is 6.54 Å². The highest BCUT2D eigenvalue weighted by Crippen LogP contribution is 2.39. The monoisotopic (exact) mass is 227 g/mol. The number of carboxylic acids is 1. The van der Waals surface area contributed by atoms with Crippen LogP contribution in [0.4, 0.5) is 0 Å². The zero-order chi connectivity index (χ0) is 12.3. The Hall–Kier alpha value is -0.570. The van der Waals surface area contributed by atoms with E-state index in [2.05, 4.69) is 32.6 Å². The van der Waals surface area contributed by atoms with Gasteiger partial charge in [0.15, 0.2) is 0 Å². The van der Waals surface area contributed by atoms with Crippen LogP contribution >= 0.6 is 0 Å². The van der Waals surface area contributed by atoms with Gasteiger partial charge in [-0.05, 0) is 32.1 Å². The van der Waals surface area contributed by atoms with E-state index in [0.717, 1.165) is 6.42 Å². The van der Waals surface area contributed by atoms with E-state index in [1.54, 1.807) is 0 Å². The number of hydrogen-bond acceptors (Lipinski definition) is 2. The fourth-order valence-electron chi connectivity index (χ4n) is 2.90. The minimum absolute atomic E-state index is 0.172. The van der Waals surface area contributed by atoms with Crippen molar-refractivity contribution in [1.82, 2.24) is 4.90 Å². The van der Waals surface area contributed by atoms with Gasteiger partial charge >= 0.3 is 5.97 Å². The van der Waals surface area contributed by atoms with Crippen molar-refractivity contribution >= 4 is 5.97 Å². The van der Waals surface area contributed by atoms with E-state index < -0.39 is 5.97 Å². The van der Waals surface area contributed by atoms with Crippen LogP contribution in [-0.2, 0) is 4.79 Å². The fraction of sp³-hybridized carbons (Fsp3) is 0.923. The highest BCUT2D eigenvalue weighted by Gasteiger charge is 2.37. The first-order valence-corrected chi connectivity index (χ1v) is 6.32. The van der Waals surface area contributed by atoms with E-state index in [1.807, 2.05) is 0 Å². The third-order valence-corrected chi connectivity index (χ3v) is 3.83. The minimum atomic E-state index is -0.713. The Balaban J connectivity index is 2.79. The molecule has 1 atom stereocenters. The summed E-state index contributed by atoms with van der Waals surface area (Å²) in [4.78, 5) is 13.1. The van der Waals surface area contributed by atoms with E-state index in [4.69, 9.17) is 5.11 Å². The smallest absolute Gasteiger partial charge is 0.317 e. The molecule has 0 aromatic heterocycles. The molecular weight excluding hydrogens is 202 g/mol. The number of carboxylic acid groups (broad SMARTS) is 1. The van der Waals surface area contributed by atoms with Gasteiger partial charge in [-0.2, -0.15) is 0 Å². The van der Waals surface area contributed by atoms with Crippen LogP contribution < -0.4 is 0 Å². The Kier molecular flexibility index (Phi) is 4.36. The Morgan fingerprint density at radius 3 is 2.50 bits per heavy atom. The number of aliphatic carboxylic acids is 1. The molecule has 0 aromatic carbocycles. The van der Waals surface area contributed by atoms with Crippen molar-refractivity contribution in [3.63, 3.8) is 0 Å². The lowest BCUT2D eigenvalue weighted by molar-refractivity contribution is -0.140. The summed E-state index contributed by atoms with van der Waals surface area (Å²) in [5, 5.41) is 8.99. The van der Waals surface area contributed by atoms with Crippen molar-refractivity contribution in [3.8, 4) is 0 Å². The lowest BCUT2D eigenvalue weighted by Gasteiger charge is -2.46. The maximum Gasteiger partial charge on any atom is 0.317 e.